The topological polar surface area (TPSA) is 15.3 Å². The van der Waals surface area contributed by atoms with E-state index < -0.39 is 0 Å². The number of nitrogens with zero attached hydrogens (tertiary/aromatic N) is 1. The summed E-state index contributed by atoms with van der Waals surface area (Å²) in [4.78, 5) is 2.21. The molecule has 1 saturated heterocycles. The van der Waals surface area contributed by atoms with Crippen LogP contribution < -0.4 is 5.32 Å². The zero-order valence-corrected chi connectivity index (χ0v) is 12.6. The Bertz CT molecular complexity index is 430. The summed E-state index contributed by atoms with van der Waals surface area (Å²) in [5, 5.41) is 5.17. The summed E-state index contributed by atoms with van der Waals surface area (Å²) in [5.41, 5.74) is 0.843. The molecular formula is C13H16Cl2N2S. The van der Waals surface area contributed by atoms with Crippen LogP contribution in [-0.2, 0) is 0 Å². The van der Waals surface area contributed by atoms with Gasteiger partial charge in [0.25, 0.3) is 0 Å². The highest BCUT2D eigenvalue weighted by Gasteiger charge is 2.18. The van der Waals surface area contributed by atoms with Gasteiger partial charge in [-0.3, -0.25) is 0 Å². The lowest BCUT2D eigenvalue weighted by Gasteiger charge is -2.33. The predicted octanol–water partition coefficient (Wildman–Crippen LogP) is 4.42. The van der Waals surface area contributed by atoms with Crippen molar-refractivity contribution in [1.82, 2.24) is 4.90 Å². The Morgan fingerprint density at radius 1 is 1.33 bits per heavy atom. The van der Waals surface area contributed by atoms with Gasteiger partial charge in [-0.15, -0.1) is 0 Å². The third-order valence-corrected chi connectivity index (χ3v) is 3.85. The summed E-state index contributed by atoms with van der Waals surface area (Å²) in [7, 11) is 0. The van der Waals surface area contributed by atoms with E-state index in [1.165, 1.54) is 12.8 Å². The van der Waals surface area contributed by atoms with E-state index in [1.807, 2.05) is 12.1 Å². The summed E-state index contributed by atoms with van der Waals surface area (Å²) in [6, 6.07) is 5.36. The molecule has 2 nitrogen and oxygen atoms in total. The van der Waals surface area contributed by atoms with E-state index >= 15 is 0 Å². The Balaban J connectivity index is 2.02. The Kier molecular flexibility index (Phi) is 4.71. The molecule has 1 atom stereocenters. The maximum atomic E-state index is 5.96. The van der Waals surface area contributed by atoms with Gasteiger partial charge in [0.2, 0.25) is 0 Å². The lowest BCUT2D eigenvalue weighted by Crippen LogP contribution is -2.41. The Morgan fingerprint density at radius 2 is 2.00 bits per heavy atom. The molecule has 1 unspecified atom stereocenters. The highest BCUT2D eigenvalue weighted by molar-refractivity contribution is 7.80. The molecule has 1 aliphatic heterocycles. The van der Waals surface area contributed by atoms with Crippen LogP contribution in [0.3, 0.4) is 0 Å². The molecule has 0 spiro atoms. The first kappa shape index (κ1) is 13.9. The molecule has 1 N–H and O–H groups in total. The number of rotatable bonds is 1. The largest absolute Gasteiger partial charge is 0.349 e. The maximum Gasteiger partial charge on any atom is 0.173 e. The zero-order chi connectivity index (χ0) is 13.1. The van der Waals surface area contributed by atoms with Crippen molar-refractivity contribution in [1.29, 1.82) is 0 Å². The molecule has 0 aromatic heterocycles. The van der Waals surface area contributed by atoms with Crippen LogP contribution >= 0.6 is 35.4 Å². The van der Waals surface area contributed by atoms with Crippen LogP contribution in [0.4, 0.5) is 5.69 Å². The van der Waals surface area contributed by atoms with Gasteiger partial charge >= 0.3 is 0 Å². The second-order valence-electron chi connectivity index (χ2n) is 4.78. The van der Waals surface area contributed by atoms with Gasteiger partial charge in [-0.25, -0.2) is 0 Å². The lowest BCUT2D eigenvalue weighted by molar-refractivity contribution is 0.276. The zero-order valence-electron chi connectivity index (χ0n) is 10.2. The molecule has 1 aliphatic rings. The van der Waals surface area contributed by atoms with Crippen molar-refractivity contribution in [2.45, 2.75) is 19.8 Å². The molecule has 0 radical (unpaired) electrons. The van der Waals surface area contributed by atoms with Crippen LogP contribution in [0.5, 0.6) is 0 Å². The van der Waals surface area contributed by atoms with Gasteiger partial charge in [-0.05, 0) is 49.2 Å². The Morgan fingerprint density at radius 3 is 2.61 bits per heavy atom. The number of anilines is 1. The van der Waals surface area contributed by atoms with Crippen LogP contribution in [0, 0.1) is 5.92 Å². The summed E-state index contributed by atoms with van der Waals surface area (Å²) in [6.45, 7) is 4.29. The molecule has 2 rings (SSSR count). The molecule has 0 saturated carbocycles. The van der Waals surface area contributed by atoms with E-state index in [0.717, 1.165) is 23.9 Å². The highest BCUT2D eigenvalue weighted by atomic mass is 35.5. The number of halogens is 2. The molecule has 1 fully saturated rings. The first-order valence-corrected chi connectivity index (χ1v) is 7.23. The molecule has 5 heteroatoms. The Hall–Kier alpha value is -0.510. The average Bonchev–Trinajstić information content (AvgIpc) is 2.27. The lowest BCUT2D eigenvalue weighted by atomic mass is 10.0. The fourth-order valence-electron chi connectivity index (χ4n) is 2.20. The van der Waals surface area contributed by atoms with E-state index in [0.29, 0.717) is 16.0 Å². The average molecular weight is 303 g/mol. The van der Waals surface area contributed by atoms with Gasteiger partial charge in [-0.2, -0.15) is 0 Å². The second-order valence-corrected chi connectivity index (χ2v) is 6.04. The van der Waals surface area contributed by atoms with E-state index in [-0.39, 0.29) is 0 Å². The summed E-state index contributed by atoms with van der Waals surface area (Å²) in [6.07, 6.45) is 2.47. The van der Waals surface area contributed by atoms with Crippen LogP contribution in [0.15, 0.2) is 18.2 Å². The van der Waals surface area contributed by atoms with Crippen LogP contribution in [0.2, 0.25) is 10.0 Å². The van der Waals surface area contributed by atoms with Crippen molar-refractivity contribution in [3.8, 4) is 0 Å². The van der Waals surface area contributed by atoms with E-state index in [2.05, 4.69) is 17.1 Å². The van der Waals surface area contributed by atoms with Gasteiger partial charge in [-0.1, -0.05) is 30.1 Å². The van der Waals surface area contributed by atoms with Crippen LogP contribution in [0.25, 0.3) is 0 Å². The minimum atomic E-state index is 0.611. The number of thiocarbonyl (C=S) groups is 1. The minimum Gasteiger partial charge on any atom is -0.349 e. The summed E-state index contributed by atoms with van der Waals surface area (Å²) in [5.74, 6) is 0.696. The normalized spacial score (nSPS) is 19.7. The van der Waals surface area contributed by atoms with Crippen molar-refractivity contribution in [2.24, 2.45) is 5.92 Å². The van der Waals surface area contributed by atoms with Crippen molar-refractivity contribution < 1.29 is 0 Å². The molecule has 0 bridgehead atoms. The van der Waals surface area contributed by atoms with Crippen molar-refractivity contribution in [3.05, 3.63) is 28.2 Å². The predicted molar refractivity (Wildman–Crippen MR) is 82.7 cm³/mol. The van der Waals surface area contributed by atoms with Gasteiger partial charge in [0.05, 0.1) is 0 Å². The standard InChI is InChI=1S/C13H16Cl2N2S/c1-9-3-2-4-17(8-9)13(18)16-12-6-10(14)5-11(15)7-12/h5-7,9H,2-4,8H2,1H3,(H,16,18). The van der Waals surface area contributed by atoms with Gasteiger partial charge in [0.15, 0.2) is 5.11 Å². The molecule has 1 aromatic carbocycles. The van der Waals surface area contributed by atoms with Gasteiger partial charge in [0, 0.05) is 28.8 Å². The number of benzene rings is 1. The molecule has 18 heavy (non-hydrogen) atoms. The molecule has 1 heterocycles. The number of hydrogen-bond donors (Lipinski definition) is 1. The maximum absolute atomic E-state index is 5.96. The minimum absolute atomic E-state index is 0.611. The molecule has 0 aliphatic carbocycles. The fraction of sp³-hybridized carbons (Fsp3) is 0.462. The number of likely N-dealkylation sites (tertiary alicyclic amines) is 1. The molecule has 1 aromatic rings. The summed E-state index contributed by atoms with van der Waals surface area (Å²) < 4.78 is 0. The Labute approximate surface area is 123 Å². The highest BCUT2D eigenvalue weighted by Crippen LogP contribution is 2.23. The van der Waals surface area contributed by atoms with Crippen LogP contribution in [0.1, 0.15) is 19.8 Å². The smallest absolute Gasteiger partial charge is 0.173 e. The van der Waals surface area contributed by atoms with Crippen molar-refractivity contribution >= 4 is 46.2 Å². The first-order chi connectivity index (χ1) is 8.54. The van der Waals surface area contributed by atoms with Crippen molar-refractivity contribution in [3.63, 3.8) is 0 Å². The second kappa shape index (κ2) is 6.09. The molecule has 98 valence electrons. The monoisotopic (exact) mass is 302 g/mol. The van der Waals surface area contributed by atoms with Gasteiger partial charge < -0.3 is 10.2 Å². The molecular weight excluding hydrogens is 287 g/mol. The van der Waals surface area contributed by atoms with E-state index in [4.69, 9.17) is 35.4 Å². The number of hydrogen-bond acceptors (Lipinski definition) is 1. The summed E-state index contributed by atoms with van der Waals surface area (Å²) >= 11 is 17.3. The van der Waals surface area contributed by atoms with E-state index in [9.17, 15) is 0 Å². The first-order valence-electron chi connectivity index (χ1n) is 6.06. The molecule has 0 amide bonds. The van der Waals surface area contributed by atoms with Crippen LogP contribution in [-0.4, -0.2) is 23.1 Å². The number of piperidine rings is 1. The van der Waals surface area contributed by atoms with E-state index in [1.54, 1.807) is 6.07 Å². The third kappa shape index (κ3) is 3.74. The fourth-order valence-corrected chi connectivity index (χ4v) is 3.01. The SMILES string of the molecule is CC1CCCN(C(=S)Nc2cc(Cl)cc(Cl)c2)C1. The quantitative estimate of drug-likeness (QED) is 0.773. The van der Waals surface area contributed by atoms with Crippen molar-refractivity contribution in [2.75, 3.05) is 18.4 Å². The number of nitrogens with one attached hydrogen (secondary N) is 1. The third-order valence-electron chi connectivity index (χ3n) is 3.06. The van der Waals surface area contributed by atoms with Gasteiger partial charge in [0.1, 0.15) is 0 Å².